The van der Waals surface area contributed by atoms with Crippen molar-refractivity contribution in [3.05, 3.63) is 94.5 Å². The van der Waals surface area contributed by atoms with Gasteiger partial charge in [-0.05, 0) is 79.8 Å². The molecule has 3 aliphatic heterocycles. The Labute approximate surface area is 247 Å². The average molecular weight is 591 g/mol. The lowest BCUT2D eigenvalue weighted by atomic mass is 10.1. The second-order valence-corrected chi connectivity index (χ2v) is 12.0. The molecule has 3 aliphatic rings. The van der Waals surface area contributed by atoms with Crippen molar-refractivity contribution in [2.45, 2.75) is 56.4 Å². The predicted molar refractivity (Wildman–Crippen MR) is 165 cm³/mol. The molecule has 6 rings (SSSR count). The van der Waals surface area contributed by atoms with Crippen molar-refractivity contribution in [3.63, 3.8) is 0 Å². The third-order valence-electron chi connectivity index (χ3n) is 8.03. The maximum Gasteiger partial charge on any atom is 0.0429 e. The summed E-state index contributed by atoms with van der Waals surface area (Å²) in [4.78, 5) is 7.57. The molecule has 3 aromatic carbocycles. The van der Waals surface area contributed by atoms with Gasteiger partial charge in [-0.3, -0.25) is 4.90 Å². The van der Waals surface area contributed by atoms with Crippen LogP contribution in [0, 0.1) is 0 Å². The molecule has 0 aliphatic carbocycles. The molecule has 0 radical (unpaired) electrons. The Balaban J connectivity index is 0.000000163. The van der Waals surface area contributed by atoms with E-state index >= 15 is 0 Å². The van der Waals surface area contributed by atoms with E-state index in [1.54, 1.807) is 0 Å². The molecule has 3 fully saturated rings. The van der Waals surface area contributed by atoms with Gasteiger partial charge in [0.2, 0.25) is 0 Å². The summed E-state index contributed by atoms with van der Waals surface area (Å²) in [6.45, 7) is 3.39. The largest absolute Gasteiger partial charge is 0.363 e. The minimum atomic E-state index is 0.395. The lowest BCUT2D eigenvalue weighted by Gasteiger charge is -2.42. The van der Waals surface area contributed by atoms with Gasteiger partial charge in [0.05, 0.1) is 0 Å². The number of rotatable bonds is 6. The van der Waals surface area contributed by atoms with E-state index < -0.39 is 0 Å². The van der Waals surface area contributed by atoms with Gasteiger partial charge in [-0.1, -0.05) is 53.5 Å². The highest BCUT2D eigenvalue weighted by atomic mass is 35.5. The average Bonchev–Trinajstić information content (AvgIpc) is 3.48. The van der Waals surface area contributed by atoms with Crippen molar-refractivity contribution in [3.8, 4) is 0 Å². The fourth-order valence-corrected chi connectivity index (χ4v) is 7.15. The fraction of sp³-hybridized carbons (Fsp3) is 0.419. The van der Waals surface area contributed by atoms with Crippen molar-refractivity contribution < 1.29 is 0 Å². The van der Waals surface area contributed by atoms with Crippen molar-refractivity contribution in [2.24, 2.45) is 0 Å². The summed E-state index contributed by atoms with van der Waals surface area (Å²) in [5.41, 5.74) is 3.91. The van der Waals surface area contributed by atoms with Crippen LogP contribution in [0.15, 0.2) is 78.9 Å². The highest BCUT2D eigenvalue weighted by molar-refractivity contribution is 6.30. The van der Waals surface area contributed by atoms with Crippen LogP contribution in [0.5, 0.6) is 0 Å². The third kappa shape index (κ3) is 6.57. The molecular formula is C31H35Cl4N3. The smallest absolute Gasteiger partial charge is 0.0429 e. The van der Waals surface area contributed by atoms with Crippen LogP contribution >= 0.6 is 46.4 Å². The second-order valence-electron chi connectivity index (χ2n) is 10.5. The van der Waals surface area contributed by atoms with Gasteiger partial charge in [-0.2, -0.15) is 0 Å². The quantitative estimate of drug-likeness (QED) is 0.267. The number of hydrogen-bond acceptors (Lipinski definition) is 3. The van der Waals surface area contributed by atoms with Crippen LogP contribution in [-0.4, -0.2) is 53.9 Å². The number of hydrogen-bond donors (Lipinski definition) is 0. The molecule has 0 N–H and O–H groups in total. The fourth-order valence-electron chi connectivity index (χ4n) is 6.29. The van der Waals surface area contributed by atoms with Gasteiger partial charge in [0.25, 0.3) is 0 Å². The molecule has 3 heterocycles. The number of anilines is 2. The number of likely N-dealkylation sites (tertiary alicyclic amines) is 1. The van der Waals surface area contributed by atoms with E-state index in [1.165, 1.54) is 29.8 Å². The summed E-state index contributed by atoms with van der Waals surface area (Å²) in [5.74, 6) is 1.30. The van der Waals surface area contributed by atoms with E-state index in [2.05, 4.69) is 57.2 Å². The first kappa shape index (κ1) is 27.9. The number of nitrogens with zero attached hydrogens (tertiary/aromatic N) is 3. The van der Waals surface area contributed by atoms with E-state index in [0.29, 0.717) is 35.9 Å². The predicted octanol–water partition coefficient (Wildman–Crippen LogP) is 8.35. The molecule has 7 heteroatoms. The molecule has 0 aromatic heterocycles. The maximum atomic E-state index is 6.03. The summed E-state index contributed by atoms with van der Waals surface area (Å²) in [5, 5.41) is 1.58. The van der Waals surface area contributed by atoms with Crippen LogP contribution in [0.4, 0.5) is 11.4 Å². The Kier molecular flexibility index (Phi) is 9.67. The molecule has 0 spiro atoms. The number of halogens is 4. The Bertz CT molecular complexity index is 1120. The second kappa shape index (κ2) is 13.2. The number of benzene rings is 3. The monoisotopic (exact) mass is 589 g/mol. The Morgan fingerprint density at radius 1 is 0.579 bits per heavy atom. The first-order valence-corrected chi connectivity index (χ1v) is 15.3. The zero-order chi connectivity index (χ0) is 26.5. The molecule has 2 bridgehead atoms. The van der Waals surface area contributed by atoms with Crippen LogP contribution < -0.4 is 9.80 Å². The zero-order valence-electron chi connectivity index (χ0n) is 21.5. The van der Waals surface area contributed by atoms with Crippen LogP contribution in [0.25, 0.3) is 0 Å². The molecule has 4 atom stereocenters. The number of alkyl halides is 2. The van der Waals surface area contributed by atoms with E-state index in [9.17, 15) is 0 Å². The molecule has 0 saturated carbocycles. The summed E-state index contributed by atoms with van der Waals surface area (Å²) in [6.07, 6.45) is 4.84. The molecule has 202 valence electrons. The molecular weight excluding hydrogens is 556 g/mol. The topological polar surface area (TPSA) is 9.72 Å². The first-order valence-electron chi connectivity index (χ1n) is 13.5. The summed E-state index contributed by atoms with van der Waals surface area (Å²) < 4.78 is 0. The van der Waals surface area contributed by atoms with Gasteiger partial charge in [-0.15, -0.1) is 23.2 Å². The Morgan fingerprint density at radius 3 is 1.53 bits per heavy atom. The van der Waals surface area contributed by atoms with E-state index in [4.69, 9.17) is 46.4 Å². The van der Waals surface area contributed by atoms with Crippen molar-refractivity contribution in [1.29, 1.82) is 0 Å². The lowest BCUT2D eigenvalue weighted by Crippen LogP contribution is -2.53. The van der Waals surface area contributed by atoms with Crippen molar-refractivity contribution in [2.75, 3.05) is 34.6 Å². The van der Waals surface area contributed by atoms with Crippen molar-refractivity contribution >= 4 is 57.8 Å². The normalized spacial score (nSPS) is 24.8. The molecule has 38 heavy (non-hydrogen) atoms. The minimum Gasteiger partial charge on any atom is -0.363 e. The molecule has 3 nitrogen and oxygen atoms in total. The van der Waals surface area contributed by atoms with Crippen LogP contribution in [0.3, 0.4) is 0 Å². The van der Waals surface area contributed by atoms with E-state index in [0.717, 1.165) is 42.5 Å². The summed E-state index contributed by atoms with van der Waals surface area (Å²) in [7, 11) is 0. The molecule has 0 amide bonds. The highest BCUT2D eigenvalue weighted by Gasteiger charge is 2.39. The Morgan fingerprint density at radius 2 is 1.05 bits per heavy atom. The minimum absolute atomic E-state index is 0.395. The maximum absolute atomic E-state index is 6.03. The Hall–Kier alpha value is -1.62. The van der Waals surface area contributed by atoms with Gasteiger partial charge in [-0.25, -0.2) is 0 Å². The van der Waals surface area contributed by atoms with Gasteiger partial charge < -0.3 is 9.80 Å². The summed E-state index contributed by atoms with van der Waals surface area (Å²) in [6, 6.07) is 29.1. The molecule has 4 unspecified atom stereocenters. The van der Waals surface area contributed by atoms with Crippen LogP contribution in [-0.2, 0) is 6.54 Å². The highest BCUT2D eigenvalue weighted by Crippen LogP contribution is 2.36. The molecule has 3 aromatic rings. The van der Waals surface area contributed by atoms with Gasteiger partial charge in [0, 0.05) is 77.0 Å². The van der Waals surface area contributed by atoms with Crippen molar-refractivity contribution in [1.82, 2.24) is 4.90 Å². The number of piperazine rings is 1. The standard InChI is InChI=1S/C19H21ClN2.C12H14Cl3N/c20-16-6-8-17(9-7-16)22-18-10-11-19(22)14-21(13-18)12-15-4-2-1-3-5-15;13-7-11-5-6-12(8-14)16(11)10-3-1-9(15)2-4-10/h1-9,18-19H,10-14H2;1-4,11-12H,5-8H2. The third-order valence-corrected chi connectivity index (χ3v) is 9.25. The SMILES string of the molecule is ClCC1CCC(CCl)N1c1ccc(Cl)cc1.Clc1ccc(N2C3CCC2CN(Cc2ccccc2)C3)cc1. The van der Waals surface area contributed by atoms with Gasteiger partial charge in [0.1, 0.15) is 0 Å². The van der Waals surface area contributed by atoms with E-state index in [-0.39, 0.29) is 0 Å². The van der Waals surface area contributed by atoms with Gasteiger partial charge >= 0.3 is 0 Å². The first-order chi connectivity index (χ1) is 18.6. The van der Waals surface area contributed by atoms with E-state index in [1.807, 2.05) is 36.4 Å². The number of fused-ring (bicyclic) bond motifs is 2. The van der Waals surface area contributed by atoms with Crippen LogP contribution in [0.1, 0.15) is 31.2 Å². The zero-order valence-corrected chi connectivity index (χ0v) is 24.6. The van der Waals surface area contributed by atoms with Gasteiger partial charge in [0.15, 0.2) is 0 Å². The molecule has 3 saturated heterocycles. The van der Waals surface area contributed by atoms with Crippen LogP contribution in [0.2, 0.25) is 10.0 Å². The lowest BCUT2D eigenvalue weighted by molar-refractivity contribution is 0.212. The summed E-state index contributed by atoms with van der Waals surface area (Å²) >= 11 is 23.9.